The van der Waals surface area contributed by atoms with Crippen LogP contribution in [-0.2, 0) is 0 Å². The number of carbonyl (C=O) groups excluding carboxylic acids is 1. The number of aliphatic hydroxyl groups excluding tert-OH is 1. The normalized spacial score (nSPS) is 16.1. The molecule has 124 valence electrons. The smallest absolute Gasteiger partial charge is 0.162 e. The van der Waals surface area contributed by atoms with Gasteiger partial charge in [0.2, 0.25) is 0 Å². The van der Waals surface area contributed by atoms with Gasteiger partial charge in [-0.15, -0.1) is 12.4 Å². The predicted octanol–water partition coefficient (Wildman–Crippen LogP) is 2.97. The van der Waals surface area contributed by atoms with E-state index in [1.165, 1.54) is 25.7 Å². The first kappa shape index (κ1) is 18.9. The number of carbonyl (C=O) groups is 1. The summed E-state index contributed by atoms with van der Waals surface area (Å²) in [5, 5.41) is 13.3. The number of hydrogen-bond acceptors (Lipinski definition) is 4. The van der Waals surface area contributed by atoms with Crippen LogP contribution in [0.25, 0.3) is 0 Å². The fourth-order valence-electron chi connectivity index (χ4n) is 2.63. The molecule has 0 saturated heterocycles. The Morgan fingerprint density at radius 3 is 2.55 bits per heavy atom. The van der Waals surface area contributed by atoms with Crippen LogP contribution in [0.5, 0.6) is 5.75 Å². The van der Waals surface area contributed by atoms with Gasteiger partial charge in [-0.25, -0.2) is 0 Å². The third-order valence-electron chi connectivity index (χ3n) is 3.94. The van der Waals surface area contributed by atoms with Crippen molar-refractivity contribution in [2.75, 3.05) is 13.2 Å². The molecule has 1 atom stereocenters. The molecule has 0 radical (unpaired) electrons. The Labute approximate surface area is 138 Å². The van der Waals surface area contributed by atoms with Crippen molar-refractivity contribution in [1.29, 1.82) is 0 Å². The molecule has 0 aromatic heterocycles. The molecule has 0 bridgehead atoms. The number of hydrogen-bond donors (Lipinski definition) is 2. The maximum absolute atomic E-state index is 11.5. The van der Waals surface area contributed by atoms with Crippen LogP contribution in [0.1, 0.15) is 49.4 Å². The van der Waals surface area contributed by atoms with Crippen molar-refractivity contribution in [3.8, 4) is 5.75 Å². The van der Waals surface area contributed by atoms with Crippen molar-refractivity contribution >= 4 is 18.2 Å². The van der Waals surface area contributed by atoms with E-state index < -0.39 is 6.10 Å². The van der Waals surface area contributed by atoms with Crippen LogP contribution in [0.4, 0.5) is 0 Å². The Morgan fingerprint density at radius 1 is 1.32 bits per heavy atom. The highest BCUT2D eigenvalue weighted by molar-refractivity contribution is 5.95. The maximum Gasteiger partial charge on any atom is 0.162 e. The van der Waals surface area contributed by atoms with Crippen molar-refractivity contribution in [3.63, 3.8) is 0 Å². The molecule has 0 heterocycles. The third kappa shape index (κ3) is 5.95. The zero-order chi connectivity index (χ0) is 15.1. The summed E-state index contributed by atoms with van der Waals surface area (Å²) in [6, 6.07) is 7.65. The van der Waals surface area contributed by atoms with Crippen molar-refractivity contribution < 1.29 is 14.6 Å². The van der Waals surface area contributed by atoms with E-state index in [0.29, 0.717) is 30.3 Å². The van der Waals surface area contributed by atoms with Gasteiger partial charge in [-0.3, -0.25) is 4.79 Å². The van der Waals surface area contributed by atoms with E-state index in [1.54, 1.807) is 24.3 Å². The average Bonchev–Trinajstić information content (AvgIpc) is 3.04. The van der Waals surface area contributed by atoms with E-state index in [9.17, 15) is 9.90 Å². The van der Waals surface area contributed by atoms with Crippen molar-refractivity contribution in [1.82, 2.24) is 5.32 Å². The molecule has 1 aromatic carbocycles. The number of rotatable bonds is 8. The molecule has 2 rings (SSSR count). The van der Waals surface area contributed by atoms with Crippen LogP contribution in [-0.4, -0.2) is 36.2 Å². The zero-order valence-corrected chi connectivity index (χ0v) is 13.9. The molecule has 1 aliphatic rings. The van der Waals surface area contributed by atoms with Gasteiger partial charge in [-0.2, -0.15) is 0 Å². The summed E-state index contributed by atoms with van der Waals surface area (Å²) in [7, 11) is 0. The number of benzene rings is 1. The Bertz CT molecular complexity index is 444. The highest BCUT2D eigenvalue weighted by atomic mass is 35.5. The summed E-state index contributed by atoms with van der Waals surface area (Å²) >= 11 is 0. The lowest BCUT2D eigenvalue weighted by atomic mass is 10.1. The van der Waals surface area contributed by atoms with Crippen LogP contribution in [0.15, 0.2) is 24.3 Å². The van der Waals surface area contributed by atoms with Gasteiger partial charge in [0.15, 0.2) is 5.78 Å². The highest BCUT2D eigenvalue weighted by Gasteiger charge is 2.15. The number of nitrogens with one attached hydrogen (secondary N) is 1. The number of ketones is 1. The minimum absolute atomic E-state index is 0. The lowest BCUT2D eigenvalue weighted by Gasteiger charge is -2.16. The molecule has 1 aromatic rings. The van der Waals surface area contributed by atoms with Gasteiger partial charge in [-0.1, -0.05) is 19.8 Å². The Kier molecular flexibility index (Phi) is 8.46. The fourth-order valence-corrected chi connectivity index (χ4v) is 2.63. The molecule has 2 N–H and O–H groups in total. The SMILES string of the molecule is CCC(=O)c1ccc(OCC(O)CNC2CCCC2)cc1.Cl. The Morgan fingerprint density at radius 2 is 1.95 bits per heavy atom. The van der Waals surface area contributed by atoms with Gasteiger partial charge in [0, 0.05) is 24.6 Å². The molecule has 22 heavy (non-hydrogen) atoms. The van der Waals surface area contributed by atoms with Gasteiger partial charge in [0.1, 0.15) is 18.5 Å². The van der Waals surface area contributed by atoms with E-state index in [-0.39, 0.29) is 24.8 Å². The molecule has 4 nitrogen and oxygen atoms in total. The summed E-state index contributed by atoms with van der Waals surface area (Å²) in [5.41, 5.74) is 0.702. The molecular formula is C17H26ClNO3. The van der Waals surface area contributed by atoms with Gasteiger partial charge >= 0.3 is 0 Å². The van der Waals surface area contributed by atoms with Crippen molar-refractivity contribution in [2.45, 2.75) is 51.2 Å². The Hall–Kier alpha value is -1.10. The monoisotopic (exact) mass is 327 g/mol. The summed E-state index contributed by atoms with van der Waals surface area (Å²) < 4.78 is 5.55. The van der Waals surface area contributed by atoms with E-state index in [2.05, 4.69) is 5.32 Å². The first-order valence-electron chi connectivity index (χ1n) is 7.86. The fraction of sp³-hybridized carbons (Fsp3) is 0.588. The largest absolute Gasteiger partial charge is 0.491 e. The molecule has 1 fully saturated rings. The average molecular weight is 328 g/mol. The lowest BCUT2D eigenvalue weighted by molar-refractivity contribution is 0.0986. The third-order valence-corrected chi connectivity index (χ3v) is 3.94. The van der Waals surface area contributed by atoms with Crippen LogP contribution < -0.4 is 10.1 Å². The minimum Gasteiger partial charge on any atom is -0.491 e. The molecule has 1 saturated carbocycles. The number of Topliss-reactive ketones (excluding diaryl/α,β-unsaturated/α-hetero) is 1. The van der Waals surface area contributed by atoms with Crippen LogP contribution in [0, 0.1) is 0 Å². The van der Waals surface area contributed by atoms with E-state index in [1.807, 2.05) is 6.92 Å². The topological polar surface area (TPSA) is 58.6 Å². The lowest BCUT2D eigenvalue weighted by Crippen LogP contribution is -2.36. The molecular weight excluding hydrogens is 302 g/mol. The second-order valence-corrected chi connectivity index (χ2v) is 5.66. The summed E-state index contributed by atoms with van der Waals surface area (Å²) in [4.78, 5) is 11.5. The Balaban J connectivity index is 0.00000242. The van der Waals surface area contributed by atoms with Crippen LogP contribution in [0.2, 0.25) is 0 Å². The van der Waals surface area contributed by atoms with Crippen LogP contribution in [0.3, 0.4) is 0 Å². The van der Waals surface area contributed by atoms with Gasteiger partial charge < -0.3 is 15.2 Å². The highest BCUT2D eigenvalue weighted by Crippen LogP contribution is 2.17. The maximum atomic E-state index is 11.5. The molecule has 1 aliphatic carbocycles. The molecule has 0 spiro atoms. The number of halogens is 1. The quantitative estimate of drug-likeness (QED) is 0.721. The first-order chi connectivity index (χ1) is 10.2. The van der Waals surface area contributed by atoms with Crippen molar-refractivity contribution in [2.24, 2.45) is 0 Å². The predicted molar refractivity (Wildman–Crippen MR) is 90.1 cm³/mol. The second-order valence-electron chi connectivity index (χ2n) is 5.66. The van der Waals surface area contributed by atoms with Gasteiger partial charge in [0.25, 0.3) is 0 Å². The zero-order valence-electron chi connectivity index (χ0n) is 13.1. The van der Waals surface area contributed by atoms with Crippen LogP contribution >= 0.6 is 12.4 Å². The van der Waals surface area contributed by atoms with Crippen molar-refractivity contribution in [3.05, 3.63) is 29.8 Å². The first-order valence-corrected chi connectivity index (χ1v) is 7.86. The molecule has 0 amide bonds. The second kappa shape index (κ2) is 9.82. The van der Waals surface area contributed by atoms with E-state index in [4.69, 9.17) is 4.74 Å². The number of aliphatic hydroxyl groups is 1. The molecule has 0 aliphatic heterocycles. The summed E-state index contributed by atoms with van der Waals surface area (Å²) in [6.07, 6.45) is 4.98. The summed E-state index contributed by atoms with van der Waals surface area (Å²) in [6.45, 7) is 2.68. The minimum atomic E-state index is -0.512. The standard InChI is InChI=1S/C17H25NO3.ClH/c1-2-17(20)13-7-9-16(10-8-13)21-12-15(19)11-18-14-5-3-4-6-14;/h7-10,14-15,18-19H,2-6,11-12H2,1H3;1H. The van der Waals surface area contributed by atoms with Gasteiger partial charge in [-0.05, 0) is 37.1 Å². The summed E-state index contributed by atoms with van der Waals surface area (Å²) in [5.74, 6) is 0.810. The molecule has 1 unspecified atom stereocenters. The van der Waals surface area contributed by atoms with E-state index >= 15 is 0 Å². The molecule has 5 heteroatoms. The van der Waals surface area contributed by atoms with Gasteiger partial charge in [0.05, 0.1) is 0 Å². The number of ether oxygens (including phenoxy) is 1. The van der Waals surface area contributed by atoms with E-state index in [0.717, 1.165) is 0 Å².